The first-order valence-electron chi connectivity index (χ1n) is 12.7. The summed E-state index contributed by atoms with van der Waals surface area (Å²) in [5.41, 5.74) is 1.01. The van der Waals surface area contributed by atoms with Crippen molar-refractivity contribution in [2.24, 2.45) is 22.7 Å². The Hall–Kier alpha value is -1.73. The lowest BCUT2D eigenvalue weighted by Crippen LogP contribution is -2.63. The fraction of sp³-hybridized carbons (Fsp3) is 0.607. The third-order valence-electron chi connectivity index (χ3n) is 8.92. The molecule has 2 aliphatic carbocycles. The molecule has 2 N–H and O–H groups in total. The molecule has 1 saturated heterocycles. The smallest absolute Gasteiger partial charge is 0.220 e. The zero-order chi connectivity index (χ0) is 23.8. The van der Waals surface area contributed by atoms with E-state index in [0.717, 1.165) is 37.0 Å². The Balaban J connectivity index is 1.27. The summed E-state index contributed by atoms with van der Waals surface area (Å²) in [4.78, 5) is 14.0. The molecule has 1 aromatic heterocycles. The first kappa shape index (κ1) is 24.0. The average molecular weight is 484 g/mol. The number of thiophene rings is 1. The van der Waals surface area contributed by atoms with E-state index in [-0.39, 0.29) is 35.0 Å². The van der Waals surface area contributed by atoms with E-state index in [9.17, 15) is 9.90 Å². The van der Waals surface area contributed by atoms with Crippen molar-refractivity contribution in [3.63, 3.8) is 0 Å². The summed E-state index contributed by atoms with van der Waals surface area (Å²) in [5, 5.41) is 16.1. The maximum Gasteiger partial charge on any atom is 0.220 e. The highest BCUT2D eigenvalue weighted by Crippen LogP contribution is 2.62. The minimum atomic E-state index is -0.440. The monoisotopic (exact) mass is 483 g/mol. The molecule has 2 saturated carbocycles. The molecule has 1 amide bonds. The number of amides is 1. The van der Waals surface area contributed by atoms with Crippen LogP contribution in [-0.2, 0) is 27.2 Å². The summed E-state index contributed by atoms with van der Waals surface area (Å²) in [6, 6.07) is 14.4. The van der Waals surface area contributed by atoms with Gasteiger partial charge >= 0.3 is 0 Å². The molecule has 6 heteroatoms. The van der Waals surface area contributed by atoms with Gasteiger partial charge in [-0.25, -0.2) is 0 Å². The molecule has 2 aromatic rings. The molecular formula is C28H37NO4S. The Morgan fingerprint density at radius 3 is 2.71 bits per heavy atom. The number of rotatable bonds is 6. The molecule has 7 atom stereocenters. The fourth-order valence-corrected chi connectivity index (χ4v) is 7.72. The molecule has 0 unspecified atom stereocenters. The van der Waals surface area contributed by atoms with E-state index in [1.807, 2.05) is 23.6 Å². The highest BCUT2D eigenvalue weighted by molar-refractivity contribution is 7.09. The summed E-state index contributed by atoms with van der Waals surface area (Å²) in [5.74, 6) is 0.343. The van der Waals surface area contributed by atoms with Crippen molar-refractivity contribution in [3.8, 4) is 0 Å². The molecule has 0 spiro atoms. The second-order valence-corrected chi connectivity index (χ2v) is 12.0. The topological polar surface area (TPSA) is 67.8 Å². The van der Waals surface area contributed by atoms with Crippen LogP contribution in [0.1, 0.15) is 56.4 Å². The largest absolute Gasteiger partial charge is 0.393 e. The number of carbonyl (C=O) groups is 1. The highest BCUT2D eigenvalue weighted by Gasteiger charge is 2.61. The third-order valence-corrected chi connectivity index (χ3v) is 9.80. The van der Waals surface area contributed by atoms with E-state index in [2.05, 4.69) is 43.4 Å². The predicted octanol–water partition coefficient (Wildman–Crippen LogP) is 4.93. The van der Waals surface area contributed by atoms with Crippen molar-refractivity contribution < 1.29 is 19.4 Å². The van der Waals surface area contributed by atoms with E-state index in [1.54, 1.807) is 11.3 Å². The Morgan fingerprint density at radius 1 is 1.12 bits per heavy atom. The number of hydrogen-bond acceptors (Lipinski definition) is 5. The lowest BCUT2D eigenvalue weighted by atomic mass is 9.46. The van der Waals surface area contributed by atoms with Crippen LogP contribution in [-0.4, -0.2) is 36.1 Å². The standard InChI is InChI=1S/C28H37NO4S/c1-27-13-12-24-28(2,18-32-26(33-24)15-19-7-4-3-5-8-19)23(27)11-10-22(30)21(27)16-25(31)29-17-20-9-6-14-34-20/h3-9,14,21-24,26,30H,10-13,15-18H2,1-2H3,(H,29,31)/t21-,22-,23+,24-,26-,27+,28+/m1/s1. The van der Waals surface area contributed by atoms with Crippen LogP contribution in [0.25, 0.3) is 0 Å². The minimum absolute atomic E-state index is 0.0330. The second kappa shape index (κ2) is 9.73. The summed E-state index contributed by atoms with van der Waals surface area (Å²) in [6.07, 6.45) is 4.24. The van der Waals surface area contributed by atoms with Gasteiger partial charge in [-0.2, -0.15) is 0 Å². The number of aliphatic hydroxyl groups is 1. The van der Waals surface area contributed by atoms with Crippen LogP contribution in [0.3, 0.4) is 0 Å². The second-order valence-electron chi connectivity index (χ2n) is 11.0. The van der Waals surface area contributed by atoms with Crippen LogP contribution in [0.15, 0.2) is 47.8 Å². The maximum absolute atomic E-state index is 12.9. The molecule has 1 aliphatic heterocycles. The van der Waals surface area contributed by atoms with E-state index in [4.69, 9.17) is 9.47 Å². The van der Waals surface area contributed by atoms with Gasteiger partial charge in [0.25, 0.3) is 0 Å². The first-order chi connectivity index (χ1) is 16.4. The van der Waals surface area contributed by atoms with Crippen LogP contribution >= 0.6 is 11.3 Å². The lowest BCUT2D eigenvalue weighted by Gasteiger charge is -2.63. The van der Waals surface area contributed by atoms with Crippen molar-refractivity contribution >= 4 is 17.2 Å². The number of carbonyl (C=O) groups excluding carboxylic acids is 1. The van der Waals surface area contributed by atoms with Gasteiger partial charge in [-0.3, -0.25) is 4.79 Å². The molecule has 184 valence electrons. The van der Waals surface area contributed by atoms with E-state index in [0.29, 0.717) is 25.5 Å². The summed E-state index contributed by atoms with van der Waals surface area (Å²) >= 11 is 1.65. The molecule has 5 nitrogen and oxygen atoms in total. The SMILES string of the molecule is C[C@@]12CO[C@@H](Cc3ccccc3)O[C@@H]1CC[C@]1(C)[C@@H]2CC[C@@H](O)[C@H]1CC(=O)NCc1cccs1. The zero-order valence-corrected chi connectivity index (χ0v) is 21.1. The van der Waals surface area contributed by atoms with E-state index < -0.39 is 6.10 Å². The molecule has 0 bridgehead atoms. The molecule has 5 rings (SSSR count). The highest BCUT2D eigenvalue weighted by atomic mass is 32.1. The minimum Gasteiger partial charge on any atom is -0.393 e. The average Bonchev–Trinajstić information content (AvgIpc) is 3.35. The Bertz CT molecular complexity index is 966. The number of nitrogens with one attached hydrogen (secondary N) is 1. The molecule has 2 heterocycles. The van der Waals surface area contributed by atoms with Crippen LogP contribution < -0.4 is 5.32 Å². The van der Waals surface area contributed by atoms with Crippen molar-refractivity contribution in [3.05, 3.63) is 58.3 Å². The fourth-order valence-electron chi connectivity index (χ4n) is 7.07. The van der Waals surface area contributed by atoms with Gasteiger partial charge in [-0.05, 0) is 59.9 Å². The molecule has 34 heavy (non-hydrogen) atoms. The van der Waals surface area contributed by atoms with Gasteiger partial charge in [-0.1, -0.05) is 50.2 Å². The summed E-state index contributed by atoms with van der Waals surface area (Å²) in [7, 11) is 0. The maximum atomic E-state index is 12.9. The Morgan fingerprint density at radius 2 is 1.94 bits per heavy atom. The number of hydrogen-bond donors (Lipinski definition) is 2. The lowest BCUT2D eigenvalue weighted by molar-refractivity contribution is -0.308. The van der Waals surface area contributed by atoms with Crippen LogP contribution in [0.5, 0.6) is 0 Å². The number of benzene rings is 1. The number of fused-ring (bicyclic) bond motifs is 3. The molecule has 0 radical (unpaired) electrons. The van der Waals surface area contributed by atoms with Gasteiger partial charge in [0.2, 0.25) is 5.91 Å². The Kier molecular flexibility index (Phi) is 6.86. The quantitative estimate of drug-likeness (QED) is 0.611. The molecule has 3 aliphatic rings. The van der Waals surface area contributed by atoms with Crippen LogP contribution in [0, 0.1) is 22.7 Å². The predicted molar refractivity (Wildman–Crippen MR) is 133 cm³/mol. The van der Waals surface area contributed by atoms with Gasteiger partial charge in [0, 0.05) is 23.1 Å². The Labute approximate surface area is 206 Å². The number of aliphatic hydroxyl groups excluding tert-OH is 1. The molecule has 1 aromatic carbocycles. The van der Waals surface area contributed by atoms with Crippen molar-refractivity contribution in [1.82, 2.24) is 5.32 Å². The first-order valence-corrected chi connectivity index (χ1v) is 13.5. The molecule has 3 fully saturated rings. The van der Waals surface area contributed by atoms with Gasteiger partial charge in [-0.15, -0.1) is 11.3 Å². The van der Waals surface area contributed by atoms with Crippen LogP contribution in [0.2, 0.25) is 0 Å². The van der Waals surface area contributed by atoms with E-state index in [1.165, 1.54) is 5.56 Å². The van der Waals surface area contributed by atoms with Gasteiger partial charge in [0.05, 0.1) is 25.4 Å². The van der Waals surface area contributed by atoms with Gasteiger partial charge < -0.3 is 19.9 Å². The zero-order valence-electron chi connectivity index (χ0n) is 20.2. The summed E-state index contributed by atoms with van der Waals surface area (Å²) in [6.45, 7) is 5.84. The number of ether oxygens (including phenoxy) is 2. The third kappa shape index (κ3) is 4.58. The van der Waals surface area contributed by atoms with Gasteiger partial charge in [0.15, 0.2) is 6.29 Å². The molecular weight excluding hydrogens is 446 g/mol. The summed E-state index contributed by atoms with van der Waals surface area (Å²) < 4.78 is 12.9. The normalized spacial score (nSPS) is 37.4. The van der Waals surface area contributed by atoms with Gasteiger partial charge in [0.1, 0.15) is 0 Å². The van der Waals surface area contributed by atoms with Crippen molar-refractivity contribution in [2.75, 3.05) is 6.61 Å². The van der Waals surface area contributed by atoms with Crippen molar-refractivity contribution in [2.45, 2.75) is 77.4 Å². The van der Waals surface area contributed by atoms with Crippen LogP contribution in [0.4, 0.5) is 0 Å². The van der Waals surface area contributed by atoms with E-state index >= 15 is 0 Å². The van der Waals surface area contributed by atoms with Crippen molar-refractivity contribution in [1.29, 1.82) is 0 Å².